The molecule has 2 heterocycles. The van der Waals surface area contributed by atoms with Gasteiger partial charge in [-0.1, -0.05) is 6.07 Å². The Balaban J connectivity index is 0.00000192. The van der Waals surface area contributed by atoms with Crippen molar-refractivity contribution < 1.29 is 0 Å². The van der Waals surface area contributed by atoms with Gasteiger partial charge in [-0.15, -0.1) is 12.4 Å². The molecule has 6 nitrogen and oxygen atoms in total. The monoisotopic (exact) mass is 336 g/mol. The quantitative estimate of drug-likeness (QED) is 0.832. The second-order valence-corrected chi connectivity index (χ2v) is 5.74. The molecule has 0 radical (unpaired) electrons. The van der Waals surface area contributed by atoms with E-state index in [1.54, 1.807) is 7.05 Å². The van der Waals surface area contributed by atoms with Crippen LogP contribution in [0.1, 0.15) is 17.7 Å². The molecule has 1 aromatic carbocycles. The Morgan fingerprint density at radius 2 is 1.91 bits per heavy atom. The fourth-order valence-electron chi connectivity index (χ4n) is 3.02. The minimum Gasteiger partial charge on any atom is -0.398 e. The van der Waals surface area contributed by atoms with E-state index >= 15 is 0 Å². The maximum Gasteiger partial charge on any atom is 0.330 e. The van der Waals surface area contributed by atoms with Crippen LogP contribution in [0, 0.1) is 0 Å². The van der Waals surface area contributed by atoms with E-state index in [-0.39, 0.29) is 23.7 Å². The number of nitrogen functional groups attached to an aromatic ring is 1. The number of nitrogens with two attached hydrogens (primary N) is 1. The van der Waals surface area contributed by atoms with Gasteiger partial charge in [-0.25, -0.2) is 4.79 Å². The highest BCUT2D eigenvalue weighted by Crippen LogP contribution is 2.31. The van der Waals surface area contributed by atoms with Gasteiger partial charge in [0.05, 0.1) is 6.54 Å². The van der Waals surface area contributed by atoms with Crippen LogP contribution >= 0.6 is 12.4 Å². The maximum absolute atomic E-state index is 12.0. The van der Waals surface area contributed by atoms with Crippen LogP contribution < -0.4 is 21.9 Å². The molecule has 0 fully saturated rings. The van der Waals surface area contributed by atoms with Crippen molar-refractivity contribution >= 4 is 23.8 Å². The van der Waals surface area contributed by atoms with Gasteiger partial charge in [0.15, 0.2) is 0 Å². The Morgan fingerprint density at radius 3 is 2.65 bits per heavy atom. The van der Waals surface area contributed by atoms with E-state index in [9.17, 15) is 9.59 Å². The summed E-state index contributed by atoms with van der Waals surface area (Å²) < 4.78 is 2.65. The summed E-state index contributed by atoms with van der Waals surface area (Å²) in [5, 5.41) is 0. The Morgan fingerprint density at radius 1 is 1.17 bits per heavy atom. The average Bonchev–Trinajstić information content (AvgIpc) is 2.51. The molecule has 2 N–H and O–H groups in total. The van der Waals surface area contributed by atoms with Crippen molar-refractivity contribution in [3.05, 3.63) is 56.4 Å². The fourth-order valence-corrected chi connectivity index (χ4v) is 3.02. The molecule has 7 heteroatoms. The van der Waals surface area contributed by atoms with Crippen molar-refractivity contribution in [2.75, 3.05) is 17.2 Å². The fraction of sp³-hybridized carbons (Fsp3) is 0.375. The zero-order valence-corrected chi connectivity index (χ0v) is 14.1. The van der Waals surface area contributed by atoms with Crippen molar-refractivity contribution in [2.45, 2.75) is 19.4 Å². The lowest BCUT2D eigenvalue weighted by Crippen LogP contribution is -2.40. The molecule has 124 valence electrons. The highest BCUT2D eigenvalue weighted by molar-refractivity contribution is 5.85. The number of rotatable bonds is 2. The molecule has 1 aliphatic heterocycles. The van der Waals surface area contributed by atoms with E-state index in [0.717, 1.165) is 40.9 Å². The smallest absolute Gasteiger partial charge is 0.330 e. The molecule has 0 aliphatic carbocycles. The van der Waals surface area contributed by atoms with Gasteiger partial charge in [-0.2, -0.15) is 0 Å². The average molecular weight is 337 g/mol. The van der Waals surface area contributed by atoms with Crippen molar-refractivity contribution in [2.24, 2.45) is 14.1 Å². The van der Waals surface area contributed by atoms with Crippen molar-refractivity contribution in [1.29, 1.82) is 0 Å². The minimum atomic E-state index is -0.299. The lowest BCUT2D eigenvalue weighted by Gasteiger charge is -2.32. The minimum absolute atomic E-state index is 0. The molecular weight excluding hydrogens is 316 g/mol. The number of aromatic nitrogens is 2. The van der Waals surface area contributed by atoms with Crippen molar-refractivity contribution in [3.63, 3.8) is 0 Å². The number of benzene rings is 1. The highest BCUT2D eigenvalue weighted by atomic mass is 35.5. The SMILES string of the molecule is Cl.Cn1c(CN2CCCc3c(N)cccc32)cc(=O)n(C)c1=O. The summed E-state index contributed by atoms with van der Waals surface area (Å²) in [4.78, 5) is 26.1. The third kappa shape index (κ3) is 2.99. The summed E-state index contributed by atoms with van der Waals surface area (Å²) >= 11 is 0. The molecule has 0 saturated carbocycles. The van der Waals surface area contributed by atoms with Gasteiger partial charge in [0.2, 0.25) is 0 Å². The molecular formula is C16H21ClN4O2. The molecule has 0 spiro atoms. The Hall–Kier alpha value is -2.21. The maximum atomic E-state index is 12.0. The predicted octanol–water partition coefficient (Wildman–Crippen LogP) is 1.04. The van der Waals surface area contributed by atoms with Gasteiger partial charge in [-0.05, 0) is 30.5 Å². The Bertz CT molecular complexity index is 841. The second kappa shape index (κ2) is 6.50. The molecule has 3 rings (SSSR count). The first-order valence-electron chi connectivity index (χ1n) is 7.37. The summed E-state index contributed by atoms with van der Waals surface area (Å²) in [7, 11) is 3.19. The second-order valence-electron chi connectivity index (χ2n) is 5.74. The number of nitrogens with zero attached hydrogens (tertiary/aromatic N) is 3. The summed E-state index contributed by atoms with van der Waals surface area (Å²) in [6.45, 7) is 1.41. The Kier molecular flexibility index (Phi) is 4.85. The lowest BCUT2D eigenvalue weighted by molar-refractivity contribution is 0.618. The summed E-state index contributed by atoms with van der Waals surface area (Å²) in [6, 6.07) is 7.43. The van der Waals surface area contributed by atoms with Gasteiger partial charge in [0.25, 0.3) is 5.56 Å². The lowest BCUT2D eigenvalue weighted by atomic mass is 10.00. The molecule has 1 aromatic heterocycles. The van der Waals surface area contributed by atoms with Crippen LogP contribution in [0.15, 0.2) is 33.9 Å². The van der Waals surface area contributed by atoms with Crippen LogP contribution in [-0.4, -0.2) is 15.7 Å². The normalized spacial score (nSPS) is 13.4. The first kappa shape index (κ1) is 17.1. The van der Waals surface area contributed by atoms with E-state index < -0.39 is 0 Å². The third-order valence-electron chi connectivity index (χ3n) is 4.36. The van der Waals surface area contributed by atoms with Gasteiger partial charge in [0, 0.05) is 43.8 Å². The third-order valence-corrected chi connectivity index (χ3v) is 4.36. The van der Waals surface area contributed by atoms with E-state index in [2.05, 4.69) is 4.90 Å². The number of fused-ring (bicyclic) bond motifs is 1. The van der Waals surface area contributed by atoms with Crippen LogP contribution in [0.25, 0.3) is 0 Å². The van der Waals surface area contributed by atoms with Gasteiger partial charge >= 0.3 is 5.69 Å². The van der Waals surface area contributed by atoms with E-state index in [1.807, 2.05) is 18.2 Å². The van der Waals surface area contributed by atoms with Crippen molar-refractivity contribution in [3.8, 4) is 0 Å². The summed E-state index contributed by atoms with van der Waals surface area (Å²) in [5.74, 6) is 0. The summed E-state index contributed by atoms with van der Waals surface area (Å²) in [5.41, 5.74) is 9.25. The van der Waals surface area contributed by atoms with Crippen molar-refractivity contribution in [1.82, 2.24) is 9.13 Å². The van der Waals surface area contributed by atoms with Crippen LogP contribution in [0.2, 0.25) is 0 Å². The number of hydrogen-bond acceptors (Lipinski definition) is 4. The number of hydrogen-bond donors (Lipinski definition) is 1. The van der Waals surface area contributed by atoms with Crippen LogP contribution in [0.4, 0.5) is 11.4 Å². The molecule has 0 atom stereocenters. The molecule has 2 aromatic rings. The van der Waals surface area contributed by atoms with Gasteiger partial charge in [0.1, 0.15) is 0 Å². The standard InChI is InChI=1S/C16H20N4O2.ClH/c1-18-11(9-15(21)19(2)16(18)22)10-20-8-4-5-12-13(17)6-3-7-14(12)20;/h3,6-7,9H,4-5,8,10,17H2,1-2H3;1H. The van der Waals surface area contributed by atoms with Gasteiger partial charge in [-0.3, -0.25) is 13.9 Å². The topological polar surface area (TPSA) is 73.3 Å². The molecule has 0 unspecified atom stereocenters. The molecule has 0 bridgehead atoms. The first-order chi connectivity index (χ1) is 10.5. The number of anilines is 2. The van der Waals surface area contributed by atoms with Crippen LogP contribution in [0.5, 0.6) is 0 Å². The molecule has 0 saturated heterocycles. The highest BCUT2D eigenvalue weighted by Gasteiger charge is 2.20. The largest absolute Gasteiger partial charge is 0.398 e. The first-order valence-corrected chi connectivity index (χ1v) is 7.37. The van der Waals surface area contributed by atoms with Gasteiger partial charge < -0.3 is 10.6 Å². The molecule has 23 heavy (non-hydrogen) atoms. The zero-order chi connectivity index (χ0) is 15.9. The van der Waals surface area contributed by atoms with Crippen LogP contribution in [-0.2, 0) is 27.1 Å². The molecule has 1 aliphatic rings. The van der Waals surface area contributed by atoms with E-state index in [0.29, 0.717) is 12.2 Å². The van der Waals surface area contributed by atoms with E-state index in [4.69, 9.17) is 5.73 Å². The number of halogens is 1. The Labute approximate surface area is 140 Å². The predicted molar refractivity (Wildman–Crippen MR) is 94.4 cm³/mol. The van der Waals surface area contributed by atoms with E-state index in [1.165, 1.54) is 17.7 Å². The van der Waals surface area contributed by atoms with Crippen LogP contribution in [0.3, 0.4) is 0 Å². The molecule has 0 amide bonds. The summed E-state index contributed by atoms with van der Waals surface area (Å²) in [6.07, 6.45) is 1.98. The zero-order valence-electron chi connectivity index (χ0n) is 13.3.